The van der Waals surface area contributed by atoms with Crippen molar-refractivity contribution in [2.75, 3.05) is 6.61 Å². The summed E-state index contributed by atoms with van der Waals surface area (Å²) in [7, 11) is 0. The molecule has 19 heavy (non-hydrogen) atoms. The van der Waals surface area contributed by atoms with E-state index in [2.05, 4.69) is 0 Å². The molecule has 4 nitrogen and oxygen atoms in total. The number of aliphatic hydroxyl groups excluding tert-OH is 1. The number of carbonyl (C=O) groups is 2. The predicted octanol–water partition coefficient (Wildman–Crippen LogP) is 2.56. The van der Waals surface area contributed by atoms with Crippen LogP contribution < -0.4 is 0 Å². The van der Waals surface area contributed by atoms with Crippen LogP contribution in [0.1, 0.15) is 47.0 Å². The predicted molar refractivity (Wildman–Crippen MR) is 74.7 cm³/mol. The Morgan fingerprint density at radius 3 is 2.21 bits per heavy atom. The van der Waals surface area contributed by atoms with E-state index in [1.165, 1.54) is 13.8 Å². The summed E-state index contributed by atoms with van der Waals surface area (Å²) in [4.78, 5) is 22.1. The Balaban J connectivity index is 4.27. The molecule has 0 aliphatic heterocycles. The Labute approximate surface area is 115 Å². The van der Waals surface area contributed by atoms with E-state index < -0.39 is 12.1 Å². The van der Waals surface area contributed by atoms with Gasteiger partial charge in [0.25, 0.3) is 0 Å². The second-order valence-corrected chi connectivity index (χ2v) is 4.74. The molecule has 0 bridgehead atoms. The Morgan fingerprint density at radius 1 is 1.11 bits per heavy atom. The minimum Gasteiger partial charge on any atom is -0.454 e. The second kappa shape index (κ2) is 9.50. The number of esters is 1. The van der Waals surface area contributed by atoms with Gasteiger partial charge in [-0.3, -0.25) is 9.59 Å². The number of rotatable bonds is 8. The Hall–Kier alpha value is -1.42. The van der Waals surface area contributed by atoms with Crippen LogP contribution in [0.25, 0.3) is 0 Å². The van der Waals surface area contributed by atoms with Gasteiger partial charge >= 0.3 is 5.97 Å². The van der Waals surface area contributed by atoms with E-state index in [-0.39, 0.29) is 12.4 Å². The summed E-state index contributed by atoms with van der Waals surface area (Å²) in [6.45, 7) is 6.67. The van der Waals surface area contributed by atoms with Crippen LogP contribution in [-0.2, 0) is 14.3 Å². The molecule has 0 radical (unpaired) electrons. The van der Waals surface area contributed by atoms with Gasteiger partial charge in [-0.05, 0) is 33.6 Å². The molecular weight excluding hydrogens is 244 g/mol. The first-order valence-corrected chi connectivity index (χ1v) is 6.46. The molecule has 1 unspecified atom stereocenters. The summed E-state index contributed by atoms with van der Waals surface area (Å²) < 4.78 is 4.94. The van der Waals surface area contributed by atoms with Gasteiger partial charge in [0.1, 0.15) is 0 Å². The molecule has 1 atom stereocenters. The van der Waals surface area contributed by atoms with Gasteiger partial charge in [-0.15, -0.1) is 0 Å². The number of allylic oxidation sites excluding steroid dienone is 2. The molecule has 0 aliphatic carbocycles. The molecule has 4 heteroatoms. The van der Waals surface area contributed by atoms with Crippen molar-refractivity contribution in [3.63, 3.8) is 0 Å². The lowest BCUT2D eigenvalue weighted by atomic mass is 10.1. The first-order valence-electron chi connectivity index (χ1n) is 6.46. The van der Waals surface area contributed by atoms with Crippen LogP contribution in [0, 0.1) is 0 Å². The minimum atomic E-state index is -0.679. The number of Topliss-reactive ketones (excluding diaryl/α,β-unsaturated/α-hetero) is 1. The molecule has 0 fully saturated rings. The van der Waals surface area contributed by atoms with Gasteiger partial charge < -0.3 is 9.84 Å². The highest BCUT2D eigenvalue weighted by molar-refractivity contribution is 5.83. The van der Waals surface area contributed by atoms with Crippen molar-refractivity contribution >= 4 is 11.8 Å². The molecule has 0 rings (SSSR count). The first kappa shape index (κ1) is 17.6. The summed E-state index contributed by atoms with van der Waals surface area (Å²) in [6, 6.07) is 0. The van der Waals surface area contributed by atoms with Gasteiger partial charge in [-0.2, -0.15) is 0 Å². The fourth-order valence-corrected chi connectivity index (χ4v) is 1.52. The van der Waals surface area contributed by atoms with Crippen molar-refractivity contribution in [2.45, 2.75) is 53.1 Å². The van der Waals surface area contributed by atoms with Crippen LogP contribution in [0.15, 0.2) is 23.3 Å². The summed E-state index contributed by atoms with van der Waals surface area (Å²) in [5.74, 6) is -0.581. The van der Waals surface area contributed by atoms with Gasteiger partial charge in [0.15, 0.2) is 11.9 Å². The van der Waals surface area contributed by atoms with Crippen molar-refractivity contribution in [1.82, 2.24) is 0 Å². The van der Waals surface area contributed by atoms with Crippen LogP contribution in [0.4, 0.5) is 0 Å². The molecule has 0 aromatic heterocycles. The smallest absolute Gasteiger partial charge is 0.303 e. The van der Waals surface area contributed by atoms with Gasteiger partial charge in [-0.25, -0.2) is 0 Å². The summed E-state index contributed by atoms with van der Waals surface area (Å²) in [5.41, 5.74) is 2.09. The van der Waals surface area contributed by atoms with Crippen molar-refractivity contribution in [2.24, 2.45) is 0 Å². The van der Waals surface area contributed by atoms with E-state index in [1.807, 2.05) is 26.0 Å². The largest absolute Gasteiger partial charge is 0.454 e. The van der Waals surface area contributed by atoms with Crippen LogP contribution in [0.2, 0.25) is 0 Å². The van der Waals surface area contributed by atoms with Crippen LogP contribution >= 0.6 is 0 Å². The van der Waals surface area contributed by atoms with E-state index in [0.29, 0.717) is 6.42 Å². The first-order chi connectivity index (χ1) is 8.86. The third-order valence-corrected chi connectivity index (χ3v) is 2.72. The molecular formula is C15H24O4. The summed E-state index contributed by atoms with van der Waals surface area (Å²) in [5, 5.41) is 8.85. The molecule has 0 aromatic rings. The minimum absolute atomic E-state index is 0.0849. The number of ether oxygens (including phenoxy) is 1. The topological polar surface area (TPSA) is 63.6 Å². The van der Waals surface area contributed by atoms with Crippen molar-refractivity contribution in [3.8, 4) is 0 Å². The van der Waals surface area contributed by atoms with E-state index >= 15 is 0 Å². The highest BCUT2D eigenvalue weighted by Gasteiger charge is 2.15. The fourth-order valence-electron chi connectivity index (χ4n) is 1.52. The molecule has 0 amide bonds. The quantitative estimate of drug-likeness (QED) is 0.543. The monoisotopic (exact) mass is 268 g/mol. The van der Waals surface area contributed by atoms with Crippen LogP contribution in [-0.4, -0.2) is 29.6 Å². The summed E-state index contributed by atoms with van der Waals surface area (Å²) >= 11 is 0. The van der Waals surface area contributed by atoms with E-state index in [4.69, 9.17) is 9.84 Å². The summed E-state index contributed by atoms with van der Waals surface area (Å²) in [6.07, 6.45) is 5.38. The van der Waals surface area contributed by atoms with Crippen LogP contribution in [0.5, 0.6) is 0 Å². The standard InChI is InChI=1S/C15H24O4/c1-11(6-5-7-12(2)10-16)8-9-15(13(3)17)19-14(4)18/h7-8,15-16H,5-6,9-10H2,1-4H3/b11-8+,12-7?. The van der Waals surface area contributed by atoms with Crippen molar-refractivity contribution < 1.29 is 19.4 Å². The van der Waals surface area contributed by atoms with Crippen LogP contribution in [0.3, 0.4) is 0 Å². The van der Waals surface area contributed by atoms with Gasteiger partial charge in [0.05, 0.1) is 6.61 Å². The lowest BCUT2D eigenvalue weighted by Gasteiger charge is -2.12. The fraction of sp³-hybridized carbons (Fsp3) is 0.600. The number of ketones is 1. The zero-order chi connectivity index (χ0) is 14.8. The molecule has 0 aromatic carbocycles. The highest BCUT2D eigenvalue weighted by atomic mass is 16.5. The SMILES string of the molecule is CC(=O)OC(C/C=C(\C)CCC=C(C)CO)C(C)=O. The molecule has 108 valence electrons. The van der Waals surface area contributed by atoms with E-state index in [0.717, 1.165) is 24.0 Å². The number of hydrogen-bond donors (Lipinski definition) is 1. The second-order valence-electron chi connectivity index (χ2n) is 4.74. The zero-order valence-electron chi connectivity index (χ0n) is 12.2. The Bertz CT molecular complexity index is 366. The number of aliphatic hydroxyl groups is 1. The van der Waals surface area contributed by atoms with Crippen molar-refractivity contribution in [3.05, 3.63) is 23.3 Å². The van der Waals surface area contributed by atoms with Gasteiger partial charge in [0, 0.05) is 13.3 Å². The Morgan fingerprint density at radius 2 is 1.74 bits per heavy atom. The third-order valence-electron chi connectivity index (χ3n) is 2.72. The third kappa shape index (κ3) is 9.19. The molecule has 0 saturated carbocycles. The molecule has 0 heterocycles. The maximum Gasteiger partial charge on any atom is 0.303 e. The molecule has 0 saturated heterocycles. The zero-order valence-corrected chi connectivity index (χ0v) is 12.2. The lowest BCUT2D eigenvalue weighted by Crippen LogP contribution is -2.23. The average Bonchev–Trinajstić information content (AvgIpc) is 2.33. The highest BCUT2D eigenvalue weighted by Crippen LogP contribution is 2.10. The van der Waals surface area contributed by atoms with E-state index in [1.54, 1.807) is 0 Å². The van der Waals surface area contributed by atoms with Gasteiger partial charge in [-0.1, -0.05) is 23.3 Å². The average molecular weight is 268 g/mol. The normalized spacial score (nSPS) is 14.2. The van der Waals surface area contributed by atoms with Gasteiger partial charge in [0.2, 0.25) is 0 Å². The Kier molecular flexibility index (Phi) is 8.79. The maximum atomic E-state index is 11.3. The lowest BCUT2D eigenvalue weighted by molar-refractivity contribution is -0.152. The molecule has 1 N–H and O–H groups in total. The maximum absolute atomic E-state index is 11.3. The number of carbonyl (C=O) groups excluding carboxylic acids is 2. The number of hydrogen-bond acceptors (Lipinski definition) is 4. The molecule has 0 spiro atoms. The van der Waals surface area contributed by atoms with Crippen molar-refractivity contribution in [1.29, 1.82) is 0 Å². The molecule has 0 aliphatic rings. The van der Waals surface area contributed by atoms with E-state index in [9.17, 15) is 9.59 Å².